The Morgan fingerprint density at radius 2 is 2.21 bits per heavy atom. The van der Waals surface area contributed by atoms with Crippen LogP contribution in [0.4, 0.5) is 5.69 Å². The van der Waals surface area contributed by atoms with E-state index >= 15 is 0 Å². The van der Waals surface area contributed by atoms with Crippen molar-refractivity contribution in [2.24, 2.45) is 0 Å². The van der Waals surface area contributed by atoms with Gasteiger partial charge in [0.25, 0.3) is 5.91 Å². The molecule has 1 aromatic heterocycles. The van der Waals surface area contributed by atoms with Crippen LogP contribution in [0.2, 0.25) is 10.0 Å². The average Bonchev–Trinajstić information content (AvgIpc) is 2.76. The second kappa shape index (κ2) is 5.77. The van der Waals surface area contributed by atoms with Gasteiger partial charge in [-0.15, -0.1) is 11.3 Å². The number of amides is 1. The standard InChI is InChI=1S/C12H11Cl2N3OS/c1-6-10(19-5-17-6)4-16-12(18)8-2-7(15)3-9(13)11(8)14/h2-3,5H,4,15H2,1H3,(H,16,18). The zero-order chi connectivity index (χ0) is 14.0. The van der Waals surface area contributed by atoms with Gasteiger partial charge in [0.1, 0.15) is 0 Å². The predicted octanol–water partition coefficient (Wildman–Crippen LogP) is 3.27. The summed E-state index contributed by atoms with van der Waals surface area (Å²) < 4.78 is 0. The van der Waals surface area contributed by atoms with E-state index in [2.05, 4.69) is 10.3 Å². The van der Waals surface area contributed by atoms with Crippen LogP contribution in [0.3, 0.4) is 0 Å². The second-order valence-electron chi connectivity index (χ2n) is 3.91. The number of benzene rings is 1. The van der Waals surface area contributed by atoms with Crippen molar-refractivity contribution in [2.45, 2.75) is 13.5 Å². The van der Waals surface area contributed by atoms with Gasteiger partial charge in [-0.3, -0.25) is 4.79 Å². The van der Waals surface area contributed by atoms with Gasteiger partial charge in [0, 0.05) is 10.6 Å². The van der Waals surface area contributed by atoms with Crippen molar-refractivity contribution in [2.75, 3.05) is 5.73 Å². The van der Waals surface area contributed by atoms with Gasteiger partial charge < -0.3 is 11.1 Å². The molecule has 0 radical (unpaired) electrons. The third-order valence-corrected chi connectivity index (χ3v) is 4.29. The molecular formula is C12H11Cl2N3OS. The number of aromatic nitrogens is 1. The number of nitrogens with two attached hydrogens (primary N) is 1. The molecule has 19 heavy (non-hydrogen) atoms. The molecule has 0 bridgehead atoms. The molecular weight excluding hydrogens is 305 g/mol. The van der Waals surface area contributed by atoms with Crippen molar-refractivity contribution < 1.29 is 4.79 Å². The van der Waals surface area contributed by atoms with E-state index in [1.165, 1.54) is 23.5 Å². The highest BCUT2D eigenvalue weighted by Crippen LogP contribution is 2.28. The Labute approximate surface area is 124 Å². The van der Waals surface area contributed by atoms with Crippen molar-refractivity contribution in [3.63, 3.8) is 0 Å². The molecule has 0 fully saturated rings. The highest BCUT2D eigenvalue weighted by Gasteiger charge is 2.14. The van der Waals surface area contributed by atoms with Crippen LogP contribution in [-0.4, -0.2) is 10.9 Å². The number of carbonyl (C=O) groups excluding carboxylic acids is 1. The van der Waals surface area contributed by atoms with Crippen LogP contribution in [0.5, 0.6) is 0 Å². The smallest absolute Gasteiger partial charge is 0.253 e. The van der Waals surface area contributed by atoms with Crippen molar-refractivity contribution in [1.82, 2.24) is 10.3 Å². The van der Waals surface area contributed by atoms with E-state index < -0.39 is 0 Å². The number of hydrogen-bond acceptors (Lipinski definition) is 4. The summed E-state index contributed by atoms with van der Waals surface area (Å²) in [5.41, 5.74) is 8.96. The molecule has 1 amide bonds. The van der Waals surface area contributed by atoms with Crippen molar-refractivity contribution >= 4 is 46.1 Å². The van der Waals surface area contributed by atoms with E-state index in [9.17, 15) is 4.79 Å². The van der Waals surface area contributed by atoms with Gasteiger partial charge in [-0.05, 0) is 19.1 Å². The van der Waals surface area contributed by atoms with Gasteiger partial charge in [0.2, 0.25) is 0 Å². The number of nitrogen functional groups attached to an aromatic ring is 1. The highest BCUT2D eigenvalue weighted by atomic mass is 35.5. The molecule has 2 rings (SSSR count). The van der Waals surface area contributed by atoms with Gasteiger partial charge in [-0.2, -0.15) is 0 Å². The Morgan fingerprint density at radius 1 is 1.47 bits per heavy atom. The van der Waals surface area contributed by atoms with E-state index in [-0.39, 0.29) is 21.5 Å². The number of thiazole rings is 1. The van der Waals surface area contributed by atoms with Crippen LogP contribution < -0.4 is 11.1 Å². The molecule has 1 aromatic carbocycles. The minimum absolute atomic E-state index is 0.203. The summed E-state index contributed by atoms with van der Waals surface area (Å²) in [5.74, 6) is -0.313. The first-order chi connectivity index (χ1) is 8.99. The van der Waals surface area contributed by atoms with Crippen LogP contribution in [0.25, 0.3) is 0 Å². The summed E-state index contributed by atoms with van der Waals surface area (Å²) in [5, 5.41) is 3.24. The fourth-order valence-corrected chi connectivity index (χ4v) is 2.67. The minimum atomic E-state index is -0.313. The maximum Gasteiger partial charge on any atom is 0.253 e. The van der Waals surface area contributed by atoms with E-state index in [1.54, 1.807) is 5.51 Å². The molecule has 1 heterocycles. The largest absolute Gasteiger partial charge is 0.399 e. The predicted molar refractivity (Wildman–Crippen MR) is 78.9 cm³/mol. The summed E-state index contributed by atoms with van der Waals surface area (Å²) in [6.45, 7) is 2.29. The summed E-state index contributed by atoms with van der Waals surface area (Å²) in [7, 11) is 0. The maximum absolute atomic E-state index is 12.1. The molecule has 0 unspecified atom stereocenters. The number of nitrogens with one attached hydrogen (secondary N) is 1. The van der Waals surface area contributed by atoms with Crippen molar-refractivity contribution in [3.05, 3.63) is 43.8 Å². The maximum atomic E-state index is 12.1. The molecule has 0 aliphatic rings. The molecule has 100 valence electrons. The topological polar surface area (TPSA) is 68.0 Å². The van der Waals surface area contributed by atoms with E-state index in [0.717, 1.165) is 10.6 Å². The summed E-state index contributed by atoms with van der Waals surface area (Å²) in [4.78, 5) is 17.2. The zero-order valence-corrected chi connectivity index (χ0v) is 12.4. The Bertz CT molecular complexity index is 627. The second-order valence-corrected chi connectivity index (χ2v) is 5.63. The molecule has 0 spiro atoms. The lowest BCUT2D eigenvalue weighted by molar-refractivity contribution is 0.0951. The van der Waals surface area contributed by atoms with Crippen molar-refractivity contribution in [3.8, 4) is 0 Å². The van der Waals surface area contributed by atoms with Gasteiger partial charge in [0.05, 0.1) is 33.4 Å². The number of anilines is 1. The monoisotopic (exact) mass is 315 g/mol. The first kappa shape index (κ1) is 14.1. The molecule has 3 N–H and O–H groups in total. The summed E-state index contributed by atoms with van der Waals surface area (Å²) in [6.07, 6.45) is 0. The van der Waals surface area contributed by atoms with Gasteiger partial charge >= 0.3 is 0 Å². The molecule has 0 atom stereocenters. The number of carbonyl (C=O) groups is 1. The number of halogens is 2. The lowest BCUT2D eigenvalue weighted by Crippen LogP contribution is -2.23. The first-order valence-electron chi connectivity index (χ1n) is 5.40. The van der Waals surface area contributed by atoms with Crippen LogP contribution in [0, 0.1) is 6.92 Å². The van der Waals surface area contributed by atoms with Gasteiger partial charge in [-0.1, -0.05) is 23.2 Å². The van der Waals surface area contributed by atoms with E-state index in [1.807, 2.05) is 6.92 Å². The zero-order valence-electron chi connectivity index (χ0n) is 10.0. The van der Waals surface area contributed by atoms with Crippen LogP contribution in [0.15, 0.2) is 17.6 Å². The average molecular weight is 316 g/mol. The lowest BCUT2D eigenvalue weighted by Gasteiger charge is -2.08. The first-order valence-corrected chi connectivity index (χ1v) is 7.04. The fourth-order valence-electron chi connectivity index (χ4n) is 1.53. The number of hydrogen-bond donors (Lipinski definition) is 2. The Balaban J connectivity index is 2.15. The van der Waals surface area contributed by atoms with Gasteiger partial charge in [0.15, 0.2) is 0 Å². The molecule has 4 nitrogen and oxygen atoms in total. The van der Waals surface area contributed by atoms with Gasteiger partial charge in [-0.25, -0.2) is 4.98 Å². The quantitative estimate of drug-likeness (QED) is 0.854. The molecule has 7 heteroatoms. The molecule has 0 aliphatic heterocycles. The summed E-state index contributed by atoms with van der Waals surface area (Å²) >= 11 is 13.4. The normalized spacial score (nSPS) is 10.5. The highest BCUT2D eigenvalue weighted by molar-refractivity contribution is 7.09. The Hall–Kier alpha value is -1.30. The van der Waals surface area contributed by atoms with Crippen LogP contribution in [0.1, 0.15) is 20.9 Å². The number of nitrogens with zero attached hydrogens (tertiary/aromatic N) is 1. The molecule has 0 saturated carbocycles. The Kier molecular flexibility index (Phi) is 4.29. The number of rotatable bonds is 3. The number of aryl methyl sites for hydroxylation is 1. The molecule has 0 saturated heterocycles. The molecule has 0 aliphatic carbocycles. The SMILES string of the molecule is Cc1ncsc1CNC(=O)c1cc(N)cc(Cl)c1Cl. The van der Waals surface area contributed by atoms with E-state index in [0.29, 0.717) is 12.2 Å². The minimum Gasteiger partial charge on any atom is -0.399 e. The summed E-state index contributed by atoms with van der Waals surface area (Å²) in [6, 6.07) is 3.01. The third-order valence-electron chi connectivity index (χ3n) is 2.55. The molecule has 2 aromatic rings. The van der Waals surface area contributed by atoms with Crippen LogP contribution >= 0.6 is 34.5 Å². The van der Waals surface area contributed by atoms with Crippen LogP contribution in [-0.2, 0) is 6.54 Å². The Morgan fingerprint density at radius 3 is 2.84 bits per heavy atom. The lowest BCUT2D eigenvalue weighted by atomic mass is 10.2. The fraction of sp³-hybridized carbons (Fsp3) is 0.167. The van der Waals surface area contributed by atoms with E-state index in [4.69, 9.17) is 28.9 Å². The third kappa shape index (κ3) is 3.18. The van der Waals surface area contributed by atoms with Crippen molar-refractivity contribution in [1.29, 1.82) is 0 Å².